The van der Waals surface area contributed by atoms with E-state index in [0.717, 1.165) is 5.56 Å². The molecule has 0 aliphatic heterocycles. The second-order valence-corrected chi connectivity index (χ2v) is 5.83. The maximum atomic E-state index is 12.4. The Morgan fingerprint density at radius 3 is 2.65 bits per heavy atom. The molecule has 5 heteroatoms. The van der Waals surface area contributed by atoms with Gasteiger partial charge in [0.1, 0.15) is 5.75 Å². The number of aryl methyl sites for hydroxylation is 1. The number of carbonyl (C=O) groups excluding carboxylic acids is 1. The zero-order valence-corrected chi connectivity index (χ0v) is 13.3. The zero-order chi connectivity index (χ0) is 16.8. The molecule has 1 aromatic heterocycles. The first-order valence-corrected chi connectivity index (χ1v) is 7.63. The molecule has 0 atom stereocenters. The van der Waals surface area contributed by atoms with E-state index in [-0.39, 0.29) is 12.2 Å². The number of H-pyrrole nitrogens is 1. The summed E-state index contributed by atoms with van der Waals surface area (Å²) in [5, 5.41) is 8.90. The summed E-state index contributed by atoms with van der Waals surface area (Å²) in [6, 6.07) is 8.65. The number of carboxylic acid groups (broad SMARTS) is 1. The van der Waals surface area contributed by atoms with Gasteiger partial charge in [-0.15, -0.1) is 0 Å². The topological polar surface area (TPSA) is 79.4 Å². The Morgan fingerprint density at radius 2 is 2.04 bits per heavy atom. The van der Waals surface area contributed by atoms with E-state index in [9.17, 15) is 9.59 Å². The highest BCUT2D eigenvalue weighted by molar-refractivity contribution is 6.07. The maximum absolute atomic E-state index is 12.4. The Kier molecular flexibility index (Phi) is 5.57. The van der Waals surface area contributed by atoms with Gasteiger partial charge in [0.25, 0.3) is 0 Å². The Balaban J connectivity index is 2.26. The zero-order valence-electron chi connectivity index (χ0n) is 13.3. The van der Waals surface area contributed by atoms with Crippen molar-refractivity contribution in [2.75, 3.05) is 6.61 Å². The number of carboxylic acids is 1. The van der Waals surface area contributed by atoms with E-state index in [0.29, 0.717) is 36.0 Å². The molecule has 2 N–H and O–H groups in total. The van der Waals surface area contributed by atoms with Crippen LogP contribution in [0.15, 0.2) is 36.5 Å². The van der Waals surface area contributed by atoms with Gasteiger partial charge in [0.05, 0.1) is 12.3 Å². The van der Waals surface area contributed by atoms with E-state index >= 15 is 0 Å². The first kappa shape index (κ1) is 16.8. The number of hydrogen-bond acceptors (Lipinski definition) is 3. The molecule has 0 unspecified atom stereocenters. The minimum atomic E-state index is -0.874. The van der Waals surface area contributed by atoms with Gasteiger partial charge < -0.3 is 14.8 Å². The molecule has 2 rings (SSSR count). The summed E-state index contributed by atoms with van der Waals surface area (Å²) in [4.78, 5) is 26.1. The Hall–Kier alpha value is -2.56. The first-order chi connectivity index (χ1) is 11.0. The normalized spacial score (nSPS) is 10.7. The third kappa shape index (κ3) is 4.71. The van der Waals surface area contributed by atoms with E-state index < -0.39 is 5.97 Å². The van der Waals surface area contributed by atoms with Crippen LogP contribution in [0.1, 0.15) is 41.9 Å². The number of benzene rings is 1. The van der Waals surface area contributed by atoms with E-state index in [1.807, 2.05) is 13.8 Å². The van der Waals surface area contributed by atoms with Crippen LogP contribution in [0.25, 0.3) is 0 Å². The minimum absolute atomic E-state index is 0.00180. The van der Waals surface area contributed by atoms with Crippen LogP contribution in [0.3, 0.4) is 0 Å². The lowest BCUT2D eigenvalue weighted by Gasteiger charge is -2.14. The number of ketones is 1. The summed E-state index contributed by atoms with van der Waals surface area (Å²) < 4.78 is 5.74. The van der Waals surface area contributed by atoms with Gasteiger partial charge in [-0.05, 0) is 48.2 Å². The summed E-state index contributed by atoms with van der Waals surface area (Å²) in [6.45, 7) is 4.63. The third-order valence-corrected chi connectivity index (χ3v) is 3.35. The van der Waals surface area contributed by atoms with Gasteiger partial charge in [0.15, 0.2) is 0 Å². The van der Waals surface area contributed by atoms with Gasteiger partial charge in [-0.2, -0.15) is 0 Å². The molecule has 1 aromatic carbocycles. The summed E-state index contributed by atoms with van der Waals surface area (Å²) in [5.41, 5.74) is 1.76. The molecule has 0 aliphatic carbocycles. The fraction of sp³-hybridized carbons (Fsp3) is 0.333. The third-order valence-electron chi connectivity index (χ3n) is 3.35. The molecule has 122 valence electrons. The van der Waals surface area contributed by atoms with Crippen LogP contribution in [0.5, 0.6) is 5.75 Å². The summed E-state index contributed by atoms with van der Waals surface area (Å²) in [7, 11) is 0. The van der Waals surface area contributed by atoms with Crippen molar-refractivity contribution in [2.45, 2.75) is 26.7 Å². The number of rotatable bonds is 8. The molecule has 0 saturated heterocycles. The standard InChI is InChI=1S/C18H21NO4/c1-12(2)11-23-16-7-5-14(10-13(16)6-8-17(20)21)18(22)15-4-3-9-19-15/h3-5,7,9-10,12,19H,6,8,11H2,1-2H3,(H,20,21). The molecular weight excluding hydrogens is 294 g/mol. The molecule has 23 heavy (non-hydrogen) atoms. The van der Waals surface area contributed by atoms with Gasteiger partial charge >= 0.3 is 5.97 Å². The summed E-state index contributed by atoms with van der Waals surface area (Å²) >= 11 is 0. The van der Waals surface area contributed by atoms with Crippen molar-refractivity contribution in [1.29, 1.82) is 0 Å². The van der Waals surface area contributed by atoms with Gasteiger partial charge in [-0.25, -0.2) is 0 Å². The molecule has 0 saturated carbocycles. The van der Waals surface area contributed by atoms with Crippen molar-refractivity contribution < 1.29 is 19.4 Å². The first-order valence-electron chi connectivity index (χ1n) is 7.63. The monoisotopic (exact) mass is 315 g/mol. The number of aromatic nitrogens is 1. The molecule has 0 aliphatic rings. The van der Waals surface area contributed by atoms with E-state index in [1.54, 1.807) is 36.5 Å². The highest BCUT2D eigenvalue weighted by Crippen LogP contribution is 2.24. The molecular formula is C18H21NO4. The van der Waals surface area contributed by atoms with Crippen LogP contribution in [0.2, 0.25) is 0 Å². The number of ether oxygens (including phenoxy) is 1. The number of hydrogen-bond donors (Lipinski definition) is 2. The van der Waals surface area contributed by atoms with Crippen LogP contribution in [-0.4, -0.2) is 28.4 Å². The predicted molar refractivity (Wildman–Crippen MR) is 87.0 cm³/mol. The number of aromatic amines is 1. The lowest BCUT2D eigenvalue weighted by atomic mass is 10.0. The van der Waals surface area contributed by atoms with Crippen molar-refractivity contribution in [1.82, 2.24) is 4.98 Å². The largest absolute Gasteiger partial charge is 0.493 e. The predicted octanol–water partition coefficient (Wildman–Crippen LogP) is 3.30. The summed E-state index contributed by atoms with van der Waals surface area (Å²) in [6.07, 6.45) is 2.02. The van der Waals surface area contributed by atoms with Gasteiger partial charge in [0.2, 0.25) is 5.78 Å². The van der Waals surface area contributed by atoms with Gasteiger partial charge in [-0.3, -0.25) is 9.59 Å². The Morgan fingerprint density at radius 1 is 1.26 bits per heavy atom. The quantitative estimate of drug-likeness (QED) is 0.733. The highest BCUT2D eigenvalue weighted by Gasteiger charge is 2.14. The van der Waals surface area contributed by atoms with Crippen molar-refractivity contribution in [3.63, 3.8) is 0 Å². The van der Waals surface area contributed by atoms with Gasteiger partial charge in [0, 0.05) is 18.2 Å². The molecule has 1 heterocycles. The van der Waals surface area contributed by atoms with Crippen molar-refractivity contribution >= 4 is 11.8 Å². The average molecular weight is 315 g/mol. The number of nitrogens with one attached hydrogen (secondary N) is 1. The SMILES string of the molecule is CC(C)COc1ccc(C(=O)c2ccc[nH]2)cc1CCC(=O)O. The van der Waals surface area contributed by atoms with Crippen molar-refractivity contribution in [3.8, 4) is 5.75 Å². The minimum Gasteiger partial charge on any atom is -0.493 e. The van der Waals surface area contributed by atoms with Crippen LogP contribution in [0.4, 0.5) is 0 Å². The fourth-order valence-corrected chi connectivity index (χ4v) is 2.18. The molecule has 5 nitrogen and oxygen atoms in total. The van der Waals surface area contributed by atoms with E-state index in [2.05, 4.69) is 4.98 Å². The van der Waals surface area contributed by atoms with E-state index in [4.69, 9.17) is 9.84 Å². The van der Waals surface area contributed by atoms with Gasteiger partial charge in [-0.1, -0.05) is 13.8 Å². The number of carbonyl (C=O) groups is 2. The average Bonchev–Trinajstić information content (AvgIpc) is 3.04. The lowest BCUT2D eigenvalue weighted by Crippen LogP contribution is -2.09. The fourth-order valence-electron chi connectivity index (χ4n) is 2.18. The van der Waals surface area contributed by atoms with Crippen molar-refractivity contribution in [3.05, 3.63) is 53.3 Å². The summed E-state index contributed by atoms with van der Waals surface area (Å²) in [5.74, 6) is 0.00780. The van der Waals surface area contributed by atoms with Crippen LogP contribution in [-0.2, 0) is 11.2 Å². The number of aliphatic carboxylic acids is 1. The molecule has 0 fully saturated rings. The molecule has 0 spiro atoms. The molecule has 0 amide bonds. The Labute approximate surface area is 135 Å². The smallest absolute Gasteiger partial charge is 0.303 e. The highest BCUT2D eigenvalue weighted by atomic mass is 16.5. The maximum Gasteiger partial charge on any atom is 0.303 e. The Bertz CT molecular complexity index is 674. The second-order valence-electron chi connectivity index (χ2n) is 5.83. The lowest BCUT2D eigenvalue weighted by molar-refractivity contribution is -0.136. The van der Waals surface area contributed by atoms with Crippen molar-refractivity contribution in [2.24, 2.45) is 5.92 Å². The molecule has 0 radical (unpaired) electrons. The molecule has 2 aromatic rings. The van der Waals surface area contributed by atoms with Crippen LogP contribution < -0.4 is 4.74 Å². The second kappa shape index (κ2) is 7.63. The van der Waals surface area contributed by atoms with E-state index in [1.165, 1.54) is 0 Å². The van der Waals surface area contributed by atoms with Crippen LogP contribution in [0, 0.1) is 5.92 Å². The molecule has 0 bridgehead atoms. The van der Waals surface area contributed by atoms with Crippen LogP contribution >= 0.6 is 0 Å².